The number of hydrogen-bond donors (Lipinski definition) is 0. The molecule has 0 fully saturated rings. The van der Waals surface area contributed by atoms with Gasteiger partial charge in [-0.25, -0.2) is 0 Å². The van der Waals surface area contributed by atoms with Gasteiger partial charge in [0.15, 0.2) is 0 Å². The van der Waals surface area contributed by atoms with E-state index in [9.17, 15) is 0 Å². The maximum Gasteiger partial charge on any atom is 0.000537 e. The Morgan fingerprint density at radius 2 is 1.82 bits per heavy atom. The highest BCUT2D eigenvalue weighted by molar-refractivity contribution is 6.04. The third kappa shape index (κ3) is 1.03. The van der Waals surface area contributed by atoms with Crippen LogP contribution in [0.5, 0.6) is 0 Å². The molecule has 2 aromatic carbocycles. The Labute approximate surface area is 102 Å². The average Bonchev–Trinajstić information content (AvgIpc) is 2.81. The van der Waals surface area contributed by atoms with Crippen LogP contribution in [-0.2, 0) is 0 Å². The summed E-state index contributed by atoms with van der Waals surface area (Å²) >= 11 is 0. The number of benzene rings is 2. The van der Waals surface area contributed by atoms with Crippen LogP contribution in [0.3, 0.4) is 0 Å². The minimum absolute atomic E-state index is 0.564. The van der Waals surface area contributed by atoms with Gasteiger partial charge >= 0.3 is 0 Å². The Morgan fingerprint density at radius 1 is 0.941 bits per heavy atom. The summed E-state index contributed by atoms with van der Waals surface area (Å²) in [5, 5.41) is 0. The average molecular weight is 218 g/mol. The van der Waals surface area contributed by atoms with E-state index >= 15 is 0 Å². The summed E-state index contributed by atoms with van der Waals surface area (Å²) in [6, 6.07) is 13.5. The first-order valence-corrected chi connectivity index (χ1v) is 6.22. The molecular weight excluding hydrogens is 204 g/mol. The van der Waals surface area contributed by atoms with Gasteiger partial charge < -0.3 is 0 Å². The zero-order valence-electron chi connectivity index (χ0n) is 10.1. The lowest BCUT2D eigenvalue weighted by Gasteiger charge is -2.07. The minimum Gasteiger partial charge on any atom is -0.0687 e. The van der Waals surface area contributed by atoms with E-state index in [0.717, 1.165) is 0 Å². The van der Waals surface area contributed by atoms with Crippen molar-refractivity contribution in [1.82, 2.24) is 0 Å². The molecule has 1 unspecified atom stereocenters. The van der Waals surface area contributed by atoms with E-state index in [1.807, 2.05) is 0 Å². The van der Waals surface area contributed by atoms with Crippen LogP contribution < -0.4 is 0 Å². The van der Waals surface area contributed by atoms with Gasteiger partial charge in [0, 0.05) is 5.92 Å². The fourth-order valence-corrected chi connectivity index (χ4v) is 3.24. The lowest BCUT2D eigenvalue weighted by atomic mass is 9.97. The Bertz CT molecular complexity index is 674. The molecule has 0 aromatic heterocycles. The Morgan fingerprint density at radius 3 is 2.71 bits per heavy atom. The normalized spacial score (nSPS) is 18.9. The zero-order chi connectivity index (χ0) is 11.6. The van der Waals surface area contributed by atoms with Gasteiger partial charge in [0.05, 0.1) is 0 Å². The van der Waals surface area contributed by atoms with Crippen LogP contribution in [0.2, 0.25) is 0 Å². The second-order valence-electron chi connectivity index (χ2n) is 5.19. The lowest BCUT2D eigenvalue weighted by Crippen LogP contribution is -1.87. The van der Waals surface area contributed by atoms with Gasteiger partial charge in [0.2, 0.25) is 0 Å². The first-order chi connectivity index (χ1) is 8.25. The molecule has 1 atom stereocenters. The number of allylic oxidation sites excluding steroid dienone is 1. The molecule has 2 aliphatic carbocycles. The maximum absolute atomic E-state index is 2.42. The van der Waals surface area contributed by atoms with Crippen LogP contribution in [-0.4, -0.2) is 0 Å². The molecule has 17 heavy (non-hydrogen) atoms. The van der Waals surface area contributed by atoms with Gasteiger partial charge in [0.25, 0.3) is 0 Å². The zero-order valence-corrected chi connectivity index (χ0v) is 10.1. The first kappa shape index (κ1) is 9.23. The van der Waals surface area contributed by atoms with Gasteiger partial charge in [-0.05, 0) is 40.3 Å². The second kappa shape index (κ2) is 2.89. The molecule has 0 spiro atoms. The molecule has 0 heteroatoms. The maximum atomic E-state index is 2.42. The van der Waals surface area contributed by atoms with E-state index in [0.29, 0.717) is 5.92 Å². The van der Waals surface area contributed by atoms with Crippen molar-refractivity contribution < 1.29 is 0 Å². The molecule has 0 N–H and O–H groups in total. The summed E-state index contributed by atoms with van der Waals surface area (Å²) in [5.41, 5.74) is 10.0. The third-order valence-electron chi connectivity index (χ3n) is 4.03. The third-order valence-corrected chi connectivity index (χ3v) is 4.03. The monoisotopic (exact) mass is 218 g/mol. The molecule has 0 heterocycles. The molecule has 2 aliphatic rings. The summed E-state index contributed by atoms with van der Waals surface area (Å²) in [4.78, 5) is 0. The van der Waals surface area contributed by atoms with E-state index in [1.165, 1.54) is 39.0 Å². The Balaban J connectivity index is 2.15. The second-order valence-corrected chi connectivity index (χ2v) is 5.19. The van der Waals surface area contributed by atoms with Crippen LogP contribution in [0.25, 0.3) is 16.7 Å². The van der Waals surface area contributed by atoms with Crippen molar-refractivity contribution in [2.75, 3.05) is 0 Å². The quantitative estimate of drug-likeness (QED) is 0.520. The molecule has 0 nitrogen and oxygen atoms in total. The van der Waals surface area contributed by atoms with Crippen LogP contribution in [0, 0.1) is 6.92 Å². The smallest absolute Gasteiger partial charge is 0.000537 e. The number of rotatable bonds is 0. The molecule has 0 saturated carbocycles. The lowest BCUT2D eigenvalue weighted by molar-refractivity contribution is 0.990. The van der Waals surface area contributed by atoms with Crippen molar-refractivity contribution >= 4 is 5.57 Å². The number of fused-ring (bicyclic) bond motifs is 3. The van der Waals surface area contributed by atoms with E-state index in [1.54, 1.807) is 0 Å². The standard InChI is InChI=1S/C17H14/c1-10-6-7-13-14-5-3-4-12-11(2)9-16(17(12)14)15(13)8-10/h3-9,11H,1-2H3. The van der Waals surface area contributed by atoms with Gasteiger partial charge in [-0.15, -0.1) is 0 Å². The van der Waals surface area contributed by atoms with E-state index < -0.39 is 0 Å². The largest absolute Gasteiger partial charge is 0.0687 e. The van der Waals surface area contributed by atoms with Crippen molar-refractivity contribution in [3.8, 4) is 11.1 Å². The predicted octanol–water partition coefficient (Wildman–Crippen LogP) is 4.52. The van der Waals surface area contributed by atoms with Crippen molar-refractivity contribution in [2.24, 2.45) is 0 Å². The molecular formula is C17H14. The van der Waals surface area contributed by atoms with Crippen molar-refractivity contribution in [2.45, 2.75) is 19.8 Å². The minimum atomic E-state index is 0.564. The Hall–Kier alpha value is -1.82. The fraction of sp³-hybridized carbons (Fsp3) is 0.176. The summed E-state index contributed by atoms with van der Waals surface area (Å²) in [5.74, 6) is 0.564. The molecule has 0 amide bonds. The van der Waals surface area contributed by atoms with Gasteiger partial charge in [-0.2, -0.15) is 0 Å². The van der Waals surface area contributed by atoms with Crippen molar-refractivity contribution in [3.05, 3.63) is 64.7 Å². The fourth-order valence-electron chi connectivity index (χ4n) is 3.24. The first-order valence-electron chi connectivity index (χ1n) is 6.22. The van der Waals surface area contributed by atoms with Crippen molar-refractivity contribution in [3.63, 3.8) is 0 Å². The topological polar surface area (TPSA) is 0 Å². The molecule has 0 saturated heterocycles. The predicted molar refractivity (Wildman–Crippen MR) is 72.1 cm³/mol. The van der Waals surface area contributed by atoms with Gasteiger partial charge in [-0.3, -0.25) is 0 Å². The van der Waals surface area contributed by atoms with E-state index in [4.69, 9.17) is 0 Å². The summed E-state index contributed by atoms with van der Waals surface area (Å²) in [6.45, 7) is 4.46. The highest BCUT2D eigenvalue weighted by Gasteiger charge is 2.31. The van der Waals surface area contributed by atoms with E-state index in [-0.39, 0.29) is 0 Å². The molecule has 2 aromatic rings. The number of aryl methyl sites for hydroxylation is 1. The molecule has 0 bridgehead atoms. The summed E-state index contributed by atoms with van der Waals surface area (Å²) < 4.78 is 0. The molecule has 4 rings (SSSR count). The van der Waals surface area contributed by atoms with Crippen LogP contribution >= 0.6 is 0 Å². The molecule has 0 aliphatic heterocycles. The van der Waals surface area contributed by atoms with Gasteiger partial charge in [0.1, 0.15) is 0 Å². The Kier molecular flexibility index (Phi) is 1.57. The molecule has 82 valence electrons. The van der Waals surface area contributed by atoms with Crippen LogP contribution in [0.15, 0.2) is 42.5 Å². The van der Waals surface area contributed by atoms with Crippen LogP contribution in [0.1, 0.15) is 35.1 Å². The van der Waals surface area contributed by atoms with Gasteiger partial charge in [-0.1, -0.05) is 55.0 Å². The highest BCUT2D eigenvalue weighted by Crippen LogP contribution is 2.51. The van der Waals surface area contributed by atoms with E-state index in [2.05, 4.69) is 56.3 Å². The van der Waals surface area contributed by atoms with Crippen LogP contribution in [0.4, 0.5) is 0 Å². The summed E-state index contributed by atoms with van der Waals surface area (Å²) in [7, 11) is 0. The SMILES string of the molecule is Cc1ccc2c(c1)C1=CC(C)c3cccc-2c31. The number of hydrogen-bond acceptors (Lipinski definition) is 0. The molecule has 0 radical (unpaired) electrons. The summed E-state index contributed by atoms with van der Waals surface area (Å²) in [6.07, 6.45) is 2.42. The van der Waals surface area contributed by atoms with Crippen molar-refractivity contribution in [1.29, 1.82) is 0 Å². The highest BCUT2D eigenvalue weighted by atomic mass is 14.3.